The molecule has 0 saturated heterocycles. The van der Waals surface area contributed by atoms with E-state index < -0.39 is 45.0 Å². The zero-order valence-corrected chi connectivity index (χ0v) is 30.6. The van der Waals surface area contributed by atoms with Crippen molar-refractivity contribution in [3.8, 4) is 0 Å². The summed E-state index contributed by atoms with van der Waals surface area (Å²) in [6.45, 7) is 0. The molecule has 0 aliphatic heterocycles. The van der Waals surface area contributed by atoms with Crippen LogP contribution in [0.2, 0.25) is 0 Å². The van der Waals surface area contributed by atoms with Crippen molar-refractivity contribution in [2.24, 2.45) is 20.0 Å². The molecule has 0 amide bonds. The van der Waals surface area contributed by atoms with Gasteiger partial charge < -0.3 is 0 Å². The first-order valence-electron chi connectivity index (χ1n) is 15.6. The second-order valence-electron chi connectivity index (χ2n) is 11.4. The van der Waals surface area contributed by atoms with E-state index in [9.17, 15) is 38.9 Å². The first-order chi connectivity index (χ1) is 26.4. The Bertz CT molecular complexity index is 3290. The number of hydrogen-bond acceptors (Lipinski definition) is 12. The number of para-hydroxylation sites is 1. The first kappa shape index (κ1) is 38.9. The van der Waals surface area contributed by atoms with E-state index in [-0.39, 0.29) is 61.9 Å². The molecule has 2 heterocycles. The van der Waals surface area contributed by atoms with E-state index in [1.165, 1.54) is 48.6 Å². The van der Waals surface area contributed by atoms with E-state index in [1.807, 2.05) is 6.07 Å². The number of aromatic amines is 6. The zero-order chi connectivity index (χ0) is 40.3. The van der Waals surface area contributed by atoms with Crippen molar-refractivity contribution in [1.29, 1.82) is 10.8 Å². The summed E-state index contributed by atoms with van der Waals surface area (Å²) in [6, 6.07) is 21.2. The molecule has 0 bridgehead atoms. The molecule has 288 valence electrons. The van der Waals surface area contributed by atoms with Crippen LogP contribution in [0.4, 0.5) is 22.7 Å². The molecular formula is C32H28N12O9S3. The Morgan fingerprint density at radius 3 is 1.25 bits per heavy atom. The Balaban J connectivity index is 1.36. The highest BCUT2D eigenvalue weighted by molar-refractivity contribution is 7.86. The predicted octanol–water partition coefficient (Wildman–Crippen LogP) is 1.45. The summed E-state index contributed by atoms with van der Waals surface area (Å²) in [6.07, 6.45) is 2.37. The fraction of sp³-hybridized carbons (Fsp3) is 0. The number of hydrogen-bond donors (Lipinski definition) is 11. The summed E-state index contributed by atoms with van der Waals surface area (Å²) in [4.78, 5) is 31.3. The summed E-state index contributed by atoms with van der Waals surface area (Å²) >= 11 is 0. The molecule has 0 saturated carbocycles. The predicted molar refractivity (Wildman–Crippen MR) is 196 cm³/mol. The summed E-state index contributed by atoms with van der Waals surface area (Å²) in [5, 5.41) is 16.1. The molecule has 21 nitrogen and oxygen atoms in total. The molecule has 6 rings (SSSR count). The number of benzene rings is 4. The van der Waals surface area contributed by atoms with Gasteiger partial charge in [0, 0.05) is 0 Å². The van der Waals surface area contributed by atoms with Crippen molar-refractivity contribution in [2.45, 2.75) is 14.7 Å². The van der Waals surface area contributed by atoms with Crippen LogP contribution < -0.4 is 33.7 Å². The second kappa shape index (κ2) is 15.5. The molecule has 4 aromatic carbocycles. The highest BCUT2D eigenvalue weighted by Crippen LogP contribution is 2.27. The molecule has 56 heavy (non-hydrogen) atoms. The van der Waals surface area contributed by atoms with Gasteiger partial charge in [-0.2, -0.15) is 25.3 Å². The first-order valence-corrected chi connectivity index (χ1v) is 19.9. The quantitative estimate of drug-likeness (QED) is 0.0742. The van der Waals surface area contributed by atoms with E-state index in [4.69, 9.17) is 10.8 Å². The van der Waals surface area contributed by atoms with Gasteiger partial charge in [0.1, 0.15) is 9.79 Å². The van der Waals surface area contributed by atoms with E-state index in [2.05, 4.69) is 49.9 Å². The van der Waals surface area contributed by atoms with Gasteiger partial charge in [0.05, 0.1) is 27.6 Å². The van der Waals surface area contributed by atoms with Crippen LogP contribution in [0, 0.1) is 10.8 Å². The van der Waals surface area contributed by atoms with Crippen molar-refractivity contribution >= 4 is 65.3 Å². The lowest BCUT2D eigenvalue weighted by Gasteiger charge is -2.07. The minimum atomic E-state index is -4.91. The van der Waals surface area contributed by atoms with Crippen LogP contribution in [0.25, 0.3) is 12.2 Å². The van der Waals surface area contributed by atoms with Crippen molar-refractivity contribution in [2.75, 3.05) is 0 Å². The van der Waals surface area contributed by atoms with Gasteiger partial charge in [0.15, 0.2) is 0 Å². The third-order valence-corrected chi connectivity index (χ3v) is 9.94. The average molecular weight is 821 g/mol. The highest BCUT2D eigenvalue weighted by Gasteiger charge is 2.18. The smallest absolute Gasteiger partial charge is 0.295 e. The van der Waals surface area contributed by atoms with E-state index in [0.717, 1.165) is 24.3 Å². The van der Waals surface area contributed by atoms with Gasteiger partial charge in [0.25, 0.3) is 30.4 Å². The van der Waals surface area contributed by atoms with Gasteiger partial charge in [-0.1, -0.05) is 48.6 Å². The van der Waals surface area contributed by atoms with Gasteiger partial charge in [-0.25, -0.2) is 20.0 Å². The molecule has 0 aliphatic carbocycles. The standard InChI is InChI=1S/C32H28N12O9S3/c33-27-39-29(35-20-5-2-1-3-6-20)43-31(41-27)37-22-13-11-18(25(16-22)55(48,49)50)9-10-19-12-14-23(17-26(19)56(51,52)53)38-32-42-28(34)40-30(44-32)36-21-7-4-8-24(15-21)54(45,46)47/h1-17H,(H,45,46,47)(H,48,49,50)(H,51,52,53)(H4,33,35,37,39,41,43)(H4,34,36,38,40,42,44)/b10-9+. The molecular weight excluding hydrogens is 793 g/mol. The van der Waals surface area contributed by atoms with Crippen molar-refractivity contribution in [1.82, 2.24) is 29.9 Å². The van der Waals surface area contributed by atoms with Crippen molar-refractivity contribution in [3.63, 3.8) is 0 Å². The molecule has 0 aliphatic rings. The van der Waals surface area contributed by atoms with Crippen LogP contribution in [-0.2, 0) is 30.4 Å². The SMILES string of the molecule is N=c1[nH]c(=Nc2ccccc2)[nH]c(=Nc2ccc(/C=C/c3ccc(N=c4[nH]c(=N)[nH]c(=Nc5cccc(S(=O)(=O)O)c5)[nH]4)cc3S(=O)(=O)O)c(S(=O)(=O)O)c2)[nH]1. The normalized spacial score (nSPS) is 13.8. The third-order valence-electron chi connectivity index (χ3n) is 7.28. The number of H-pyrrole nitrogens is 6. The number of nitrogens with zero attached hydrogens (tertiary/aromatic N) is 4. The second-order valence-corrected chi connectivity index (χ2v) is 15.6. The molecule has 0 atom stereocenters. The lowest BCUT2D eigenvalue weighted by molar-refractivity contribution is 0.480. The molecule has 0 fully saturated rings. The minimum Gasteiger partial charge on any atom is -0.296 e. The topological polar surface area (TPSA) is 355 Å². The lowest BCUT2D eigenvalue weighted by Crippen LogP contribution is -2.36. The van der Waals surface area contributed by atoms with Gasteiger partial charge in [0.2, 0.25) is 33.7 Å². The molecule has 0 unspecified atom stereocenters. The molecule has 0 spiro atoms. The maximum absolute atomic E-state index is 12.5. The maximum atomic E-state index is 12.5. The number of aromatic nitrogens is 6. The van der Waals surface area contributed by atoms with E-state index in [1.54, 1.807) is 24.3 Å². The van der Waals surface area contributed by atoms with Crippen LogP contribution in [0.5, 0.6) is 0 Å². The van der Waals surface area contributed by atoms with Crippen molar-refractivity contribution < 1.29 is 38.9 Å². The van der Waals surface area contributed by atoms with E-state index >= 15 is 0 Å². The van der Waals surface area contributed by atoms with E-state index in [0.29, 0.717) is 5.69 Å². The van der Waals surface area contributed by atoms with Crippen LogP contribution in [0.3, 0.4) is 0 Å². The summed E-state index contributed by atoms with van der Waals surface area (Å²) in [7, 11) is -14.3. The molecule has 0 radical (unpaired) electrons. The molecule has 2 aromatic heterocycles. The summed E-state index contributed by atoms with van der Waals surface area (Å²) < 4.78 is 102. The van der Waals surface area contributed by atoms with Crippen LogP contribution in [0.15, 0.2) is 126 Å². The fourth-order valence-corrected chi connectivity index (χ4v) is 6.86. The minimum absolute atomic E-state index is 0.00942. The Kier molecular flexibility index (Phi) is 10.8. The van der Waals surface area contributed by atoms with Crippen molar-refractivity contribution in [3.05, 3.63) is 136 Å². The average Bonchev–Trinajstić information content (AvgIpc) is 3.10. The Hall–Kier alpha value is -6.83. The highest BCUT2D eigenvalue weighted by atomic mass is 32.2. The third kappa shape index (κ3) is 10.0. The fourth-order valence-electron chi connectivity index (χ4n) is 4.93. The van der Waals surface area contributed by atoms with Crippen LogP contribution >= 0.6 is 0 Å². The Morgan fingerprint density at radius 2 is 0.839 bits per heavy atom. The van der Waals surface area contributed by atoms with Crippen LogP contribution in [-0.4, -0.2) is 68.8 Å². The van der Waals surface area contributed by atoms with Crippen LogP contribution in [0.1, 0.15) is 11.1 Å². The molecule has 11 N–H and O–H groups in total. The number of nitrogens with one attached hydrogen (secondary N) is 8. The lowest BCUT2D eigenvalue weighted by atomic mass is 10.1. The van der Waals surface area contributed by atoms with Gasteiger partial charge in [-0.05, 0) is 65.7 Å². The molecule has 24 heteroatoms. The number of rotatable bonds is 9. The van der Waals surface area contributed by atoms with Gasteiger partial charge >= 0.3 is 0 Å². The maximum Gasteiger partial charge on any atom is 0.295 e. The largest absolute Gasteiger partial charge is 0.296 e. The van der Waals surface area contributed by atoms with Gasteiger partial charge in [-0.3, -0.25) is 54.4 Å². The summed E-state index contributed by atoms with van der Waals surface area (Å²) in [5.41, 5.74) is -0.0923. The Labute approximate surface area is 314 Å². The Morgan fingerprint density at radius 1 is 0.446 bits per heavy atom. The zero-order valence-electron chi connectivity index (χ0n) is 28.1. The monoisotopic (exact) mass is 820 g/mol. The molecule has 6 aromatic rings. The summed E-state index contributed by atoms with van der Waals surface area (Å²) in [5.74, 6) is 0. The van der Waals surface area contributed by atoms with Gasteiger partial charge in [-0.15, -0.1) is 0 Å².